The van der Waals surface area contributed by atoms with Gasteiger partial charge in [0.1, 0.15) is 5.56 Å². The highest BCUT2D eigenvalue weighted by atomic mass is 79.9. The summed E-state index contributed by atoms with van der Waals surface area (Å²) in [6, 6.07) is 0.537. The van der Waals surface area contributed by atoms with Crippen LogP contribution in [0.4, 0.5) is 22.0 Å². The Balaban J connectivity index is 3.55. The number of hydrogen-bond donors (Lipinski definition) is 1. The van der Waals surface area contributed by atoms with Crippen LogP contribution in [-0.4, -0.2) is 4.98 Å². The SMILES string of the molecule is O=c1[nH]c(Br)cc(C(F)F)c1C(F)(F)F. The van der Waals surface area contributed by atoms with E-state index < -0.39 is 29.3 Å². The molecular weight excluding hydrogens is 289 g/mol. The van der Waals surface area contributed by atoms with Gasteiger partial charge in [-0.05, 0) is 22.0 Å². The largest absolute Gasteiger partial charge is 0.422 e. The maximum Gasteiger partial charge on any atom is 0.422 e. The van der Waals surface area contributed by atoms with Crippen LogP contribution in [0.3, 0.4) is 0 Å². The Morgan fingerprint density at radius 3 is 2.27 bits per heavy atom. The van der Waals surface area contributed by atoms with Crippen LogP contribution in [0.25, 0.3) is 0 Å². The number of rotatable bonds is 1. The third kappa shape index (κ3) is 2.55. The number of halogens is 6. The van der Waals surface area contributed by atoms with Crippen LogP contribution < -0.4 is 5.56 Å². The lowest BCUT2D eigenvalue weighted by Crippen LogP contribution is -2.24. The summed E-state index contributed by atoms with van der Waals surface area (Å²) in [6.07, 6.45) is -8.46. The van der Waals surface area contributed by atoms with Crippen molar-refractivity contribution < 1.29 is 22.0 Å². The summed E-state index contributed by atoms with van der Waals surface area (Å²) >= 11 is 2.63. The molecule has 1 heterocycles. The fraction of sp³-hybridized carbons (Fsp3) is 0.286. The fourth-order valence-corrected chi connectivity index (χ4v) is 1.44. The van der Waals surface area contributed by atoms with Crippen molar-refractivity contribution in [2.24, 2.45) is 0 Å². The van der Waals surface area contributed by atoms with E-state index in [1.807, 2.05) is 0 Å². The van der Waals surface area contributed by atoms with Crippen LogP contribution in [0.2, 0.25) is 0 Å². The van der Waals surface area contributed by atoms with E-state index in [9.17, 15) is 26.7 Å². The highest BCUT2D eigenvalue weighted by Gasteiger charge is 2.39. The summed E-state index contributed by atoms with van der Waals surface area (Å²) in [5, 5.41) is 0. The predicted molar refractivity (Wildman–Crippen MR) is 44.7 cm³/mol. The molecule has 0 aromatic carbocycles. The second-order valence-electron chi connectivity index (χ2n) is 2.58. The maximum absolute atomic E-state index is 12.2. The molecule has 0 fully saturated rings. The van der Waals surface area contributed by atoms with Gasteiger partial charge in [-0.25, -0.2) is 8.78 Å². The van der Waals surface area contributed by atoms with Gasteiger partial charge in [-0.2, -0.15) is 13.2 Å². The van der Waals surface area contributed by atoms with Gasteiger partial charge in [0.05, 0.1) is 4.60 Å². The molecule has 0 saturated carbocycles. The van der Waals surface area contributed by atoms with Gasteiger partial charge in [-0.1, -0.05) is 0 Å². The molecule has 8 heteroatoms. The van der Waals surface area contributed by atoms with E-state index in [2.05, 4.69) is 15.9 Å². The van der Waals surface area contributed by atoms with Gasteiger partial charge in [-0.15, -0.1) is 0 Å². The van der Waals surface area contributed by atoms with Crippen molar-refractivity contribution in [3.8, 4) is 0 Å². The van der Waals surface area contributed by atoms with Crippen molar-refractivity contribution >= 4 is 15.9 Å². The van der Waals surface area contributed by atoms with Gasteiger partial charge in [0.25, 0.3) is 12.0 Å². The first-order valence-electron chi connectivity index (χ1n) is 3.51. The zero-order valence-electron chi connectivity index (χ0n) is 6.83. The first-order valence-corrected chi connectivity index (χ1v) is 4.31. The molecule has 0 radical (unpaired) electrons. The Kier molecular flexibility index (Phi) is 3.17. The van der Waals surface area contributed by atoms with Crippen LogP contribution in [-0.2, 0) is 6.18 Å². The van der Waals surface area contributed by atoms with E-state index in [4.69, 9.17) is 0 Å². The van der Waals surface area contributed by atoms with Gasteiger partial charge < -0.3 is 4.98 Å². The quantitative estimate of drug-likeness (QED) is 0.626. The van der Waals surface area contributed by atoms with E-state index >= 15 is 0 Å². The molecule has 0 aliphatic rings. The van der Waals surface area contributed by atoms with Crippen molar-refractivity contribution in [1.82, 2.24) is 4.98 Å². The van der Waals surface area contributed by atoms with Crippen molar-refractivity contribution in [2.75, 3.05) is 0 Å². The van der Waals surface area contributed by atoms with Crippen LogP contribution in [0, 0.1) is 0 Å². The van der Waals surface area contributed by atoms with Gasteiger partial charge >= 0.3 is 6.18 Å². The van der Waals surface area contributed by atoms with Gasteiger partial charge in [0, 0.05) is 5.56 Å². The first kappa shape index (κ1) is 12.2. The number of aromatic nitrogens is 1. The smallest absolute Gasteiger partial charge is 0.316 e. The molecule has 2 nitrogen and oxygen atoms in total. The summed E-state index contributed by atoms with van der Waals surface area (Å²) in [4.78, 5) is 12.6. The molecule has 0 aliphatic carbocycles. The summed E-state index contributed by atoms with van der Waals surface area (Å²) in [7, 11) is 0. The van der Waals surface area contributed by atoms with E-state index in [1.54, 1.807) is 4.98 Å². The molecule has 0 aliphatic heterocycles. The third-order valence-corrected chi connectivity index (χ3v) is 1.98. The van der Waals surface area contributed by atoms with E-state index in [-0.39, 0.29) is 4.60 Å². The van der Waals surface area contributed by atoms with Crippen molar-refractivity contribution in [3.63, 3.8) is 0 Å². The summed E-state index contributed by atoms with van der Waals surface area (Å²) < 4.78 is 61.0. The second kappa shape index (κ2) is 3.92. The number of pyridine rings is 1. The van der Waals surface area contributed by atoms with Crippen molar-refractivity contribution in [2.45, 2.75) is 12.6 Å². The molecule has 15 heavy (non-hydrogen) atoms. The molecule has 1 N–H and O–H groups in total. The first-order chi connectivity index (χ1) is 6.73. The van der Waals surface area contributed by atoms with Crippen LogP contribution in [0.15, 0.2) is 15.5 Å². The van der Waals surface area contributed by atoms with Crippen LogP contribution >= 0.6 is 15.9 Å². The molecule has 0 amide bonds. The highest BCUT2D eigenvalue weighted by molar-refractivity contribution is 9.10. The minimum atomic E-state index is -5.10. The molecule has 1 rings (SSSR count). The molecule has 0 unspecified atom stereocenters. The predicted octanol–water partition coefficient (Wildman–Crippen LogP) is 3.09. The standard InChI is InChI=1S/C7H3BrF5NO/c8-3-1-2(5(9)10)4(6(15)14-3)7(11,12)13/h1,5H,(H,14,15). The molecule has 0 saturated heterocycles. The fourth-order valence-electron chi connectivity index (χ4n) is 1.01. The van der Waals surface area contributed by atoms with Crippen LogP contribution in [0.1, 0.15) is 17.6 Å². The maximum atomic E-state index is 12.2. The van der Waals surface area contributed by atoms with Gasteiger partial charge in [-0.3, -0.25) is 4.79 Å². The Bertz CT molecular complexity index is 424. The number of H-pyrrole nitrogens is 1. The Hall–Kier alpha value is -0.920. The number of alkyl halides is 5. The molecular formula is C7H3BrF5NO. The normalized spacial score (nSPS) is 12.2. The van der Waals surface area contributed by atoms with E-state index in [0.717, 1.165) is 0 Å². The Morgan fingerprint density at radius 1 is 1.33 bits per heavy atom. The lowest BCUT2D eigenvalue weighted by Gasteiger charge is -2.11. The zero-order chi connectivity index (χ0) is 11.8. The molecule has 84 valence electrons. The zero-order valence-corrected chi connectivity index (χ0v) is 8.42. The average Bonchev–Trinajstić information content (AvgIpc) is 1.99. The third-order valence-electron chi connectivity index (χ3n) is 1.55. The van der Waals surface area contributed by atoms with Crippen molar-refractivity contribution in [3.05, 3.63) is 32.2 Å². The summed E-state index contributed by atoms with van der Waals surface area (Å²) in [5.41, 5.74) is -4.79. The lowest BCUT2D eigenvalue weighted by molar-refractivity contribution is -0.140. The number of hydrogen-bond acceptors (Lipinski definition) is 1. The van der Waals surface area contributed by atoms with Gasteiger partial charge in [0.2, 0.25) is 0 Å². The van der Waals surface area contributed by atoms with E-state index in [0.29, 0.717) is 6.07 Å². The minimum absolute atomic E-state index is 0.226. The summed E-state index contributed by atoms with van der Waals surface area (Å²) in [5.74, 6) is 0. The molecule has 1 aromatic heterocycles. The Labute approximate surface area is 88.2 Å². The second-order valence-corrected chi connectivity index (χ2v) is 3.43. The number of nitrogens with one attached hydrogen (secondary N) is 1. The van der Waals surface area contributed by atoms with Crippen molar-refractivity contribution in [1.29, 1.82) is 0 Å². The van der Waals surface area contributed by atoms with Crippen LogP contribution in [0.5, 0.6) is 0 Å². The lowest BCUT2D eigenvalue weighted by atomic mass is 10.1. The van der Waals surface area contributed by atoms with E-state index in [1.165, 1.54) is 0 Å². The monoisotopic (exact) mass is 291 g/mol. The molecule has 1 aromatic rings. The Morgan fingerprint density at radius 2 is 1.87 bits per heavy atom. The molecule has 0 spiro atoms. The average molecular weight is 292 g/mol. The summed E-state index contributed by atoms with van der Waals surface area (Å²) in [6.45, 7) is 0. The molecule has 0 bridgehead atoms. The minimum Gasteiger partial charge on any atom is -0.316 e. The van der Waals surface area contributed by atoms with Gasteiger partial charge in [0.15, 0.2) is 0 Å². The highest BCUT2D eigenvalue weighted by Crippen LogP contribution is 2.34. The number of aromatic amines is 1. The topological polar surface area (TPSA) is 32.9 Å². The molecule has 0 atom stereocenters.